The van der Waals surface area contributed by atoms with E-state index in [9.17, 15) is 19.5 Å². The van der Waals surface area contributed by atoms with Gasteiger partial charge in [-0.1, -0.05) is 36.4 Å². The maximum atomic E-state index is 13.7. The quantitative estimate of drug-likeness (QED) is 0.549. The number of amides is 2. The summed E-state index contributed by atoms with van der Waals surface area (Å²) in [4.78, 5) is 45.3. The lowest BCUT2D eigenvalue weighted by Gasteiger charge is -2.35. The zero-order valence-corrected chi connectivity index (χ0v) is 20.0. The number of carbonyl (C=O) groups excluding carboxylic acids is 2. The molecule has 3 aromatic rings. The fourth-order valence-electron chi connectivity index (χ4n) is 3.44. The van der Waals surface area contributed by atoms with Crippen molar-refractivity contribution in [2.45, 2.75) is 52.3 Å². The second-order valence-electron chi connectivity index (χ2n) is 8.59. The molecule has 0 radical (unpaired) electrons. The average molecular weight is 470 g/mol. The number of hydrogen-bond acceptors (Lipinski definition) is 6. The third kappa shape index (κ3) is 5.31. The maximum Gasteiger partial charge on any atom is 0.415 e. The number of ether oxygens (including phenoxy) is 1. The minimum Gasteiger partial charge on any atom is -0.480 e. The first-order chi connectivity index (χ1) is 15.5. The molecule has 1 heterocycles. The van der Waals surface area contributed by atoms with Crippen molar-refractivity contribution in [2.24, 2.45) is 0 Å². The van der Waals surface area contributed by atoms with E-state index >= 15 is 0 Å². The number of carbonyl (C=O) groups is 3. The van der Waals surface area contributed by atoms with Crippen LogP contribution < -0.4 is 9.80 Å². The van der Waals surface area contributed by atoms with E-state index < -0.39 is 35.7 Å². The van der Waals surface area contributed by atoms with E-state index in [2.05, 4.69) is 4.98 Å². The van der Waals surface area contributed by atoms with E-state index in [0.29, 0.717) is 5.69 Å². The lowest BCUT2D eigenvalue weighted by Crippen LogP contribution is -2.55. The van der Waals surface area contributed by atoms with Gasteiger partial charge in [0.1, 0.15) is 23.5 Å². The van der Waals surface area contributed by atoms with Crippen LogP contribution in [0.25, 0.3) is 10.8 Å². The summed E-state index contributed by atoms with van der Waals surface area (Å²) in [5, 5.41) is 12.9. The Morgan fingerprint density at radius 3 is 2.27 bits per heavy atom. The second-order valence-corrected chi connectivity index (χ2v) is 9.31. The number of carboxylic acids is 1. The van der Waals surface area contributed by atoms with Crippen LogP contribution in [0.15, 0.2) is 53.4 Å². The van der Waals surface area contributed by atoms with Gasteiger partial charge in [-0.25, -0.2) is 14.6 Å². The van der Waals surface area contributed by atoms with Crippen LogP contribution in [0.4, 0.5) is 16.3 Å². The van der Waals surface area contributed by atoms with Gasteiger partial charge in [0.05, 0.1) is 11.2 Å². The number of carboxylic acid groups (broad SMARTS) is 1. The normalized spacial score (nSPS) is 13.2. The van der Waals surface area contributed by atoms with E-state index in [-0.39, 0.29) is 5.82 Å². The molecule has 1 N–H and O–H groups in total. The molecule has 2 amide bonds. The molecule has 0 fully saturated rings. The number of benzene rings is 2. The molecule has 8 nitrogen and oxygen atoms in total. The maximum absolute atomic E-state index is 13.7. The van der Waals surface area contributed by atoms with Gasteiger partial charge in [-0.15, -0.1) is 11.3 Å². The Hall–Kier alpha value is -3.46. The highest BCUT2D eigenvalue weighted by atomic mass is 32.1. The van der Waals surface area contributed by atoms with Gasteiger partial charge in [0.25, 0.3) is 5.91 Å². The van der Waals surface area contributed by atoms with Crippen molar-refractivity contribution in [2.75, 3.05) is 9.80 Å². The fourth-order valence-corrected chi connectivity index (χ4v) is 3.97. The van der Waals surface area contributed by atoms with Crippen LogP contribution in [-0.2, 0) is 14.3 Å². The molecule has 0 saturated heterocycles. The van der Waals surface area contributed by atoms with Gasteiger partial charge in [0.2, 0.25) is 0 Å². The summed E-state index contributed by atoms with van der Waals surface area (Å²) in [5.74, 6) is -1.55. The number of fused-ring (bicyclic) bond motifs is 1. The predicted molar refractivity (Wildman–Crippen MR) is 129 cm³/mol. The monoisotopic (exact) mass is 469 g/mol. The number of rotatable bonds is 6. The highest BCUT2D eigenvalue weighted by Crippen LogP contribution is 2.31. The van der Waals surface area contributed by atoms with Gasteiger partial charge in [-0.3, -0.25) is 14.6 Å². The number of aromatic nitrogens is 1. The minimum absolute atomic E-state index is 0.216. The van der Waals surface area contributed by atoms with Gasteiger partial charge in [0.15, 0.2) is 0 Å². The summed E-state index contributed by atoms with van der Waals surface area (Å²) in [5.41, 5.74) is 1.21. The summed E-state index contributed by atoms with van der Waals surface area (Å²) in [6, 6.07) is 10.7. The smallest absolute Gasteiger partial charge is 0.415 e. The number of nitrogens with zero attached hydrogens (tertiary/aromatic N) is 3. The largest absolute Gasteiger partial charge is 0.480 e. The summed E-state index contributed by atoms with van der Waals surface area (Å²) in [7, 11) is 0. The Labute approximate surface area is 196 Å². The van der Waals surface area contributed by atoms with Crippen molar-refractivity contribution < 1.29 is 24.2 Å². The van der Waals surface area contributed by atoms with Crippen molar-refractivity contribution >= 4 is 51.6 Å². The van der Waals surface area contributed by atoms with Gasteiger partial charge < -0.3 is 9.84 Å². The molecule has 0 saturated carbocycles. The van der Waals surface area contributed by atoms with Crippen LogP contribution in [0, 0.1) is 0 Å². The van der Waals surface area contributed by atoms with E-state index in [4.69, 9.17) is 4.74 Å². The summed E-state index contributed by atoms with van der Waals surface area (Å²) >= 11 is 1.24. The molecule has 0 aliphatic carbocycles. The van der Waals surface area contributed by atoms with Gasteiger partial charge >= 0.3 is 12.1 Å². The first kappa shape index (κ1) is 24.2. The highest BCUT2D eigenvalue weighted by Gasteiger charge is 2.38. The standard InChI is InChI=1S/C24H27N3O5S/c1-15(21(28)27(16(2)22(29)30)20-13-33-14-25-20)26(23(31)32-24(3,4)5)19-12-8-10-17-9-6-7-11-18(17)19/h6-16H,1-5H3,(H,29,30)/t15-,16?/m0/s1. The molecule has 2 aromatic carbocycles. The molecule has 0 spiro atoms. The zero-order chi connectivity index (χ0) is 24.3. The van der Waals surface area contributed by atoms with Crippen molar-refractivity contribution in [3.63, 3.8) is 0 Å². The lowest BCUT2D eigenvalue weighted by molar-refractivity contribution is -0.139. The topological polar surface area (TPSA) is 100 Å². The summed E-state index contributed by atoms with van der Waals surface area (Å²) in [6.07, 6.45) is -0.707. The van der Waals surface area contributed by atoms with Crippen LogP contribution >= 0.6 is 11.3 Å². The number of thiazole rings is 1. The molecule has 0 aliphatic rings. The number of aliphatic carboxylic acids is 1. The van der Waals surface area contributed by atoms with Crippen LogP contribution in [0.5, 0.6) is 0 Å². The third-order valence-electron chi connectivity index (χ3n) is 5.01. The van der Waals surface area contributed by atoms with E-state index in [1.54, 1.807) is 45.2 Å². The minimum atomic E-state index is -1.19. The molecule has 2 atom stereocenters. The van der Waals surface area contributed by atoms with Crippen molar-refractivity contribution in [3.05, 3.63) is 53.4 Å². The summed E-state index contributed by atoms with van der Waals surface area (Å²) in [6.45, 7) is 8.19. The second kappa shape index (κ2) is 9.58. The molecule has 0 bridgehead atoms. The van der Waals surface area contributed by atoms with Crippen molar-refractivity contribution in [3.8, 4) is 0 Å². The van der Waals surface area contributed by atoms with Crippen LogP contribution in [0.1, 0.15) is 34.6 Å². The molecular formula is C24H27N3O5S. The molecule has 1 unspecified atom stereocenters. The van der Waals surface area contributed by atoms with E-state index in [1.807, 2.05) is 30.3 Å². The number of anilines is 2. The van der Waals surface area contributed by atoms with E-state index in [0.717, 1.165) is 15.7 Å². The van der Waals surface area contributed by atoms with Crippen LogP contribution in [0.2, 0.25) is 0 Å². The van der Waals surface area contributed by atoms with Crippen LogP contribution in [-0.4, -0.2) is 45.7 Å². The summed E-state index contributed by atoms with van der Waals surface area (Å²) < 4.78 is 5.64. The fraction of sp³-hybridized carbons (Fsp3) is 0.333. The Morgan fingerprint density at radius 2 is 1.67 bits per heavy atom. The van der Waals surface area contributed by atoms with Crippen LogP contribution in [0.3, 0.4) is 0 Å². The molecule has 9 heteroatoms. The molecule has 0 aliphatic heterocycles. The Balaban J connectivity index is 2.12. The predicted octanol–water partition coefficient (Wildman–Crippen LogP) is 4.93. The first-order valence-electron chi connectivity index (χ1n) is 10.5. The molecular weight excluding hydrogens is 442 g/mol. The Bertz CT molecular complexity index is 1150. The number of hydrogen-bond donors (Lipinski definition) is 1. The average Bonchev–Trinajstić information content (AvgIpc) is 3.27. The Morgan fingerprint density at radius 1 is 1.00 bits per heavy atom. The Kier molecular flexibility index (Phi) is 7.02. The van der Waals surface area contributed by atoms with Gasteiger partial charge in [-0.2, -0.15) is 0 Å². The highest BCUT2D eigenvalue weighted by molar-refractivity contribution is 7.07. The zero-order valence-electron chi connectivity index (χ0n) is 19.2. The van der Waals surface area contributed by atoms with Gasteiger partial charge in [-0.05, 0) is 46.1 Å². The molecule has 33 heavy (non-hydrogen) atoms. The molecule has 3 rings (SSSR count). The molecule has 174 valence electrons. The lowest BCUT2D eigenvalue weighted by atomic mass is 10.1. The third-order valence-corrected chi connectivity index (χ3v) is 5.58. The van der Waals surface area contributed by atoms with Crippen molar-refractivity contribution in [1.82, 2.24) is 4.98 Å². The first-order valence-corrected chi connectivity index (χ1v) is 11.4. The van der Waals surface area contributed by atoms with Crippen molar-refractivity contribution in [1.29, 1.82) is 0 Å². The molecule has 1 aromatic heterocycles. The van der Waals surface area contributed by atoms with Gasteiger partial charge in [0, 0.05) is 10.8 Å². The SMILES string of the molecule is CC(C(=O)O)N(C(=O)[C@H](C)N(C(=O)OC(C)(C)C)c1cccc2ccccc12)c1cscn1. The van der Waals surface area contributed by atoms with E-state index in [1.165, 1.54) is 28.7 Å².